The maximum absolute atomic E-state index is 13.6. The summed E-state index contributed by atoms with van der Waals surface area (Å²) in [6.45, 7) is 4.77. The highest BCUT2D eigenvalue weighted by Crippen LogP contribution is 2.17. The molecule has 1 aliphatic heterocycles. The van der Waals surface area contributed by atoms with Gasteiger partial charge in [-0.3, -0.25) is 15.0 Å². The lowest BCUT2D eigenvalue weighted by atomic mass is 10.1. The van der Waals surface area contributed by atoms with Crippen LogP contribution in [0.25, 0.3) is 5.69 Å². The summed E-state index contributed by atoms with van der Waals surface area (Å²) in [5, 5.41) is 6.83. The Balaban J connectivity index is 1.38. The van der Waals surface area contributed by atoms with E-state index in [9.17, 15) is 22.8 Å². The predicted octanol–water partition coefficient (Wildman–Crippen LogP) is 3.04. The van der Waals surface area contributed by atoms with Gasteiger partial charge >= 0.3 is 6.09 Å². The number of piperazine rings is 1. The summed E-state index contributed by atoms with van der Waals surface area (Å²) in [4.78, 5) is 29.0. The van der Waals surface area contributed by atoms with E-state index in [4.69, 9.17) is 4.74 Å². The number of carbonyl (C=O) groups excluding carboxylic acids is 1. The molecule has 190 valence electrons. The topological polar surface area (TPSA) is 79.7 Å². The van der Waals surface area contributed by atoms with Crippen molar-refractivity contribution in [2.24, 2.45) is 0 Å². The van der Waals surface area contributed by atoms with Crippen molar-refractivity contribution in [2.45, 2.75) is 6.42 Å². The average molecular weight is 502 g/mol. The molecule has 4 rings (SSSR count). The molecule has 8 nitrogen and oxygen atoms in total. The standard InChI is InChI=1S/C25H26F3N5O3/c1-31-7-9-32(10-8-31)11-12-36-25(35)29-18-4-2-3-17(13-18)14-22-23(34)5-6-33(30-22)19-15-20(26)24(28)21(27)16-19/h2-6,13,15-16H,7-12,14H2,1H3,(H,29,35). The highest BCUT2D eigenvalue weighted by molar-refractivity contribution is 5.84. The van der Waals surface area contributed by atoms with Gasteiger partial charge in [-0.15, -0.1) is 0 Å². The fraction of sp³-hybridized carbons (Fsp3) is 0.320. The number of likely N-dealkylation sites (N-methyl/N-ethyl adjacent to an activating group) is 1. The molecule has 36 heavy (non-hydrogen) atoms. The largest absolute Gasteiger partial charge is 0.448 e. The average Bonchev–Trinajstić information content (AvgIpc) is 2.85. The first-order valence-corrected chi connectivity index (χ1v) is 11.5. The Morgan fingerprint density at radius 3 is 2.50 bits per heavy atom. The fourth-order valence-corrected chi connectivity index (χ4v) is 3.83. The number of hydrogen-bond acceptors (Lipinski definition) is 6. The van der Waals surface area contributed by atoms with E-state index in [1.54, 1.807) is 24.3 Å². The van der Waals surface area contributed by atoms with Gasteiger partial charge in [0.15, 0.2) is 17.5 Å². The maximum atomic E-state index is 13.6. The molecule has 11 heteroatoms. The lowest BCUT2D eigenvalue weighted by Gasteiger charge is -2.31. The highest BCUT2D eigenvalue weighted by Gasteiger charge is 2.15. The van der Waals surface area contributed by atoms with Crippen molar-refractivity contribution in [3.8, 4) is 5.69 Å². The number of carbonyl (C=O) groups is 1. The summed E-state index contributed by atoms with van der Waals surface area (Å²) in [6, 6.07) is 9.62. The minimum absolute atomic E-state index is 0.0672. The smallest absolute Gasteiger partial charge is 0.411 e. The second-order valence-corrected chi connectivity index (χ2v) is 8.58. The van der Waals surface area contributed by atoms with Crippen molar-refractivity contribution in [1.29, 1.82) is 0 Å². The zero-order valence-electron chi connectivity index (χ0n) is 19.7. The summed E-state index contributed by atoms with van der Waals surface area (Å²) >= 11 is 0. The molecule has 1 aliphatic rings. The summed E-state index contributed by atoms with van der Waals surface area (Å²) < 4.78 is 46.9. The molecule has 1 N–H and O–H groups in total. The van der Waals surface area contributed by atoms with Gasteiger partial charge in [0.1, 0.15) is 12.3 Å². The first-order chi connectivity index (χ1) is 17.3. The van der Waals surface area contributed by atoms with Gasteiger partial charge in [-0.05, 0) is 24.7 Å². The Kier molecular flexibility index (Phi) is 8.01. The van der Waals surface area contributed by atoms with Crippen LogP contribution >= 0.6 is 0 Å². The Labute approximate surface area is 205 Å². The molecule has 0 aliphatic carbocycles. The van der Waals surface area contributed by atoms with Crippen LogP contribution in [0.5, 0.6) is 0 Å². The van der Waals surface area contributed by atoms with E-state index in [-0.39, 0.29) is 29.8 Å². The third kappa shape index (κ3) is 6.49. The number of ether oxygens (including phenoxy) is 1. The van der Waals surface area contributed by atoms with Crippen molar-refractivity contribution in [3.05, 3.63) is 87.6 Å². The van der Waals surface area contributed by atoms with Crippen molar-refractivity contribution in [1.82, 2.24) is 19.6 Å². The quantitative estimate of drug-likeness (QED) is 0.502. The lowest BCUT2D eigenvalue weighted by molar-refractivity contribution is 0.111. The van der Waals surface area contributed by atoms with E-state index < -0.39 is 23.5 Å². The minimum atomic E-state index is -1.58. The van der Waals surface area contributed by atoms with Gasteiger partial charge in [-0.1, -0.05) is 12.1 Å². The van der Waals surface area contributed by atoms with Crippen LogP contribution in [-0.4, -0.2) is 72.1 Å². The first kappa shape index (κ1) is 25.4. The number of anilines is 1. The molecule has 1 fully saturated rings. The first-order valence-electron chi connectivity index (χ1n) is 11.5. The van der Waals surface area contributed by atoms with Gasteiger partial charge in [-0.2, -0.15) is 5.10 Å². The van der Waals surface area contributed by atoms with E-state index in [2.05, 4.69) is 27.3 Å². The molecule has 2 aromatic carbocycles. The molecule has 2 heterocycles. The number of nitrogens with zero attached hydrogens (tertiary/aromatic N) is 4. The van der Waals surface area contributed by atoms with Crippen LogP contribution in [0.4, 0.5) is 23.7 Å². The molecule has 0 saturated carbocycles. The van der Waals surface area contributed by atoms with Gasteiger partial charge in [0, 0.05) is 69.2 Å². The SMILES string of the molecule is CN1CCN(CCOC(=O)Nc2cccc(Cc3nn(-c4cc(F)c(F)c(F)c4)ccc3=O)c2)CC1. The summed E-state index contributed by atoms with van der Waals surface area (Å²) in [5.74, 6) is -4.30. The van der Waals surface area contributed by atoms with Crippen molar-refractivity contribution in [2.75, 3.05) is 51.7 Å². The van der Waals surface area contributed by atoms with Crippen LogP contribution < -0.4 is 10.7 Å². The zero-order chi connectivity index (χ0) is 25.7. The van der Waals surface area contributed by atoms with Crippen LogP contribution in [0.3, 0.4) is 0 Å². The van der Waals surface area contributed by atoms with Crippen LogP contribution in [0, 0.1) is 17.5 Å². The second-order valence-electron chi connectivity index (χ2n) is 8.58. The molecule has 1 amide bonds. The fourth-order valence-electron chi connectivity index (χ4n) is 3.83. The molecular formula is C25H26F3N5O3. The Morgan fingerprint density at radius 1 is 1.06 bits per heavy atom. The normalized spacial score (nSPS) is 14.6. The van der Waals surface area contributed by atoms with E-state index in [1.807, 2.05) is 0 Å². The van der Waals surface area contributed by atoms with E-state index in [0.29, 0.717) is 17.8 Å². The van der Waals surface area contributed by atoms with Gasteiger partial charge in [0.05, 0.1) is 5.69 Å². The number of hydrogen-bond donors (Lipinski definition) is 1. The molecule has 1 aromatic heterocycles. The molecule has 0 bridgehead atoms. The molecule has 3 aromatic rings. The third-order valence-corrected chi connectivity index (χ3v) is 5.89. The van der Waals surface area contributed by atoms with Crippen molar-refractivity contribution in [3.63, 3.8) is 0 Å². The van der Waals surface area contributed by atoms with Crippen molar-refractivity contribution >= 4 is 11.8 Å². The van der Waals surface area contributed by atoms with Gasteiger partial charge in [-0.25, -0.2) is 22.6 Å². The Bertz CT molecular complexity index is 1270. The van der Waals surface area contributed by atoms with Gasteiger partial charge in [0.2, 0.25) is 5.43 Å². The lowest BCUT2D eigenvalue weighted by Crippen LogP contribution is -2.45. The molecule has 1 saturated heterocycles. The predicted molar refractivity (Wildman–Crippen MR) is 128 cm³/mol. The van der Waals surface area contributed by atoms with Crippen LogP contribution in [-0.2, 0) is 11.2 Å². The summed E-state index contributed by atoms with van der Waals surface area (Å²) in [7, 11) is 2.08. The second kappa shape index (κ2) is 11.4. The Hall–Kier alpha value is -3.70. The number of amides is 1. The molecular weight excluding hydrogens is 475 g/mol. The van der Waals surface area contributed by atoms with Gasteiger partial charge < -0.3 is 9.64 Å². The number of benzene rings is 2. The van der Waals surface area contributed by atoms with E-state index in [0.717, 1.165) is 43.0 Å². The summed E-state index contributed by atoms with van der Waals surface area (Å²) in [6.07, 6.45) is 0.760. The Morgan fingerprint density at radius 2 is 1.78 bits per heavy atom. The van der Waals surface area contributed by atoms with E-state index in [1.165, 1.54) is 12.3 Å². The maximum Gasteiger partial charge on any atom is 0.411 e. The highest BCUT2D eigenvalue weighted by atomic mass is 19.2. The molecule has 0 radical (unpaired) electrons. The monoisotopic (exact) mass is 501 g/mol. The molecule has 0 unspecified atom stereocenters. The number of halogens is 3. The summed E-state index contributed by atoms with van der Waals surface area (Å²) in [5.41, 5.74) is 0.813. The van der Waals surface area contributed by atoms with Crippen LogP contribution in [0.15, 0.2) is 53.5 Å². The number of nitrogens with one attached hydrogen (secondary N) is 1. The van der Waals surface area contributed by atoms with Gasteiger partial charge in [0.25, 0.3) is 0 Å². The van der Waals surface area contributed by atoms with E-state index >= 15 is 0 Å². The zero-order valence-corrected chi connectivity index (χ0v) is 19.7. The van der Waals surface area contributed by atoms with Crippen LogP contribution in [0.1, 0.15) is 11.3 Å². The third-order valence-electron chi connectivity index (χ3n) is 5.89. The van der Waals surface area contributed by atoms with Crippen molar-refractivity contribution < 1.29 is 22.7 Å². The number of aromatic nitrogens is 2. The number of rotatable bonds is 7. The van der Waals surface area contributed by atoms with Crippen LogP contribution in [0.2, 0.25) is 0 Å². The molecule has 0 spiro atoms. The molecule has 0 atom stereocenters. The minimum Gasteiger partial charge on any atom is -0.448 e.